The third-order valence-corrected chi connectivity index (χ3v) is 6.34. The SMILES string of the molecule is O=C(NC1CCCCC1)c1ccc2c(c1)N(Cc1ccccc1)C(=O)CS2. The topological polar surface area (TPSA) is 49.4 Å². The lowest BCUT2D eigenvalue weighted by Crippen LogP contribution is -2.37. The van der Waals surface area contributed by atoms with Gasteiger partial charge in [-0.15, -0.1) is 11.8 Å². The van der Waals surface area contributed by atoms with E-state index < -0.39 is 0 Å². The van der Waals surface area contributed by atoms with Crippen molar-refractivity contribution in [2.75, 3.05) is 10.7 Å². The van der Waals surface area contributed by atoms with Gasteiger partial charge in [0, 0.05) is 16.5 Å². The van der Waals surface area contributed by atoms with Crippen LogP contribution in [0.5, 0.6) is 0 Å². The van der Waals surface area contributed by atoms with Gasteiger partial charge >= 0.3 is 0 Å². The zero-order valence-electron chi connectivity index (χ0n) is 15.3. The molecule has 1 heterocycles. The van der Waals surface area contributed by atoms with Crippen LogP contribution in [0.2, 0.25) is 0 Å². The van der Waals surface area contributed by atoms with E-state index >= 15 is 0 Å². The number of carbonyl (C=O) groups is 2. The summed E-state index contributed by atoms with van der Waals surface area (Å²) >= 11 is 1.54. The summed E-state index contributed by atoms with van der Waals surface area (Å²) < 4.78 is 0. The number of nitrogens with zero attached hydrogens (tertiary/aromatic N) is 1. The number of hydrogen-bond donors (Lipinski definition) is 1. The first-order valence-corrected chi connectivity index (χ1v) is 10.6. The van der Waals surface area contributed by atoms with Crippen molar-refractivity contribution in [1.29, 1.82) is 0 Å². The third-order valence-electron chi connectivity index (χ3n) is 5.29. The zero-order chi connectivity index (χ0) is 18.6. The van der Waals surface area contributed by atoms with Crippen LogP contribution in [0, 0.1) is 0 Å². The summed E-state index contributed by atoms with van der Waals surface area (Å²) in [7, 11) is 0. The lowest BCUT2D eigenvalue weighted by Gasteiger charge is -2.30. The van der Waals surface area contributed by atoms with Gasteiger partial charge in [0.25, 0.3) is 5.91 Å². The van der Waals surface area contributed by atoms with E-state index in [0.29, 0.717) is 17.9 Å². The summed E-state index contributed by atoms with van der Waals surface area (Å²) in [5.74, 6) is 0.488. The van der Waals surface area contributed by atoms with E-state index in [0.717, 1.165) is 29.0 Å². The molecule has 2 aromatic carbocycles. The molecule has 5 heteroatoms. The highest BCUT2D eigenvalue weighted by Crippen LogP contribution is 2.37. The predicted molar refractivity (Wildman–Crippen MR) is 109 cm³/mol. The van der Waals surface area contributed by atoms with E-state index in [4.69, 9.17) is 0 Å². The molecule has 27 heavy (non-hydrogen) atoms. The van der Waals surface area contributed by atoms with Crippen LogP contribution < -0.4 is 10.2 Å². The summed E-state index contributed by atoms with van der Waals surface area (Å²) in [6, 6.07) is 16.0. The minimum absolute atomic E-state index is 0.0348. The van der Waals surface area contributed by atoms with Gasteiger partial charge in [-0.25, -0.2) is 0 Å². The molecule has 4 rings (SSSR count). The van der Waals surface area contributed by atoms with Gasteiger partial charge in [-0.3, -0.25) is 9.59 Å². The van der Waals surface area contributed by atoms with Crippen LogP contribution >= 0.6 is 11.8 Å². The fraction of sp³-hybridized carbons (Fsp3) is 0.364. The van der Waals surface area contributed by atoms with E-state index in [1.54, 1.807) is 16.7 Å². The lowest BCUT2D eigenvalue weighted by molar-refractivity contribution is -0.116. The highest BCUT2D eigenvalue weighted by atomic mass is 32.2. The number of rotatable bonds is 4. The average Bonchev–Trinajstić information content (AvgIpc) is 2.71. The molecule has 1 saturated carbocycles. The number of anilines is 1. The first-order valence-electron chi connectivity index (χ1n) is 9.63. The summed E-state index contributed by atoms with van der Waals surface area (Å²) in [5, 5.41) is 3.17. The fourth-order valence-electron chi connectivity index (χ4n) is 3.80. The molecule has 140 valence electrons. The maximum Gasteiger partial charge on any atom is 0.251 e. The van der Waals surface area contributed by atoms with Crippen LogP contribution in [0.3, 0.4) is 0 Å². The molecule has 0 radical (unpaired) electrons. The maximum absolute atomic E-state index is 12.7. The summed E-state index contributed by atoms with van der Waals surface area (Å²) in [6.07, 6.45) is 5.76. The van der Waals surface area contributed by atoms with Crippen LogP contribution in [0.4, 0.5) is 5.69 Å². The van der Waals surface area contributed by atoms with E-state index in [9.17, 15) is 9.59 Å². The summed E-state index contributed by atoms with van der Waals surface area (Å²) in [4.78, 5) is 28.1. The Labute approximate surface area is 164 Å². The molecule has 0 unspecified atom stereocenters. The summed E-state index contributed by atoms with van der Waals surface area (Å²) in [5.41, 5.74) is 2.56. The Kier molecular flexibility index (Phi) is 5.48. The smallest absolute Gasteiger partial charge is 0.251 e. The number of hydrogen-bond acceptors (Lipinski definition) is 3. The number of benzene rings is 2. The molecule has 0 atom stereocenters. The zero-order valence-corrected chi connectivity index (χ0v) is 16.1. The third kappa shape index (κ3) is 4.19. The Morgan fingerprint density at radius 2 is 1.85 bits per heavy atom. The van der Waals surface area contributed by atoms with Crippen molar-refractivity contribution < 1.29 is 9.59 Å². The van der Waals surface area contributed by atoms with Crippen molar-refractivity contribution in [3.8, 4) is 0 Å². The first kappa shape index (κ1) is 18.1. The number of amides is 2. The lowest BCUT2D eigenvalue weighted by atomic mass is 9.95. The van der Waals surface area contributed by atoms with Crippen LogP contribution in [-0.4, -0.2) is 23.6 Å². The van der Waals surface area contributed by atoms with Gasteiger partial charge in [-0.1, -0.05) is 49.6 Å². The van der Waals surface area contributed by atoms with E-state index in [-0.39, 0.29) is 17.9 Å². The molecule has 2 aliphatic rings. The quantitative estimate of drug-likeness (QED) is 0.856. The van der Waals surface area contributed by atoms with Gasteiger partial charge in [-0.2, -0.15) is 0 Å². The largest absolute Gasteiger partial charge is 0.349 e. The molecule has 1 N–H and O–H groups in total. The molecule has 0 bridgehead atoms. The Balaban J connectivity index is 1.56. The van der Waals surface area contributed by atoms with Gasteiger partial charge in [0.15, 0.2) is 0 Å². The normalized spacial score (nSPS) is 17.5. The van der Waals surface area contributed by atoms with Crippen LogP contribution in [0.1, 0.15) is 48.0 Å². The molecule has 0 aromatic heterocycles. The molecule has 2 amide bonds. The van der Waals surface area contributed by atoms with Crippen LogP contribution in [-0.2, 0) is 11.3 Å². The highest BCUT2D eigenvalue weighted by Gasteiger charge is 2.26. The molecule has 1 aliphatic heterocycles. The molecular formula is C22H24N2O2S. The molecule has 0 spiro atoms. The molecule has 1 aliphatic carbocycles. The molecule has 4 nitrogen and oxygen atoms in total. The van der Waals surface area contributed by atoms with E-state index in [1.165, 1.54) is 19.3 Å². The molecule has 2 aromatic rings. The summed E-state index contributed by atoms with van der Waals surface area (Å²) in [6.45, 7) is 0.529. The van der Waals surface area contributed by atoms with Gasteiger partial charge in [-0.05, 0) is 36.6 Å². The van der Waals surface area contributed by atoms with Crippen molar-refractivity contribution in [2.45, 2.75) is 49.6 Å². The second-order valence-electron chi connectivity index (χ2n) is 7.25. The number of thioether (sulfide) groups is 1. The average molecular weight is 381 g/mol. The Bertz CT molecular complexity index is 831. The maximum atomic E-state index is 12.7. The molecular weight excluding hydrogens is 356 g/mol. The second-order valence-corrected chi connectivity index (χ2v) is 8.26. The second kappa shape index (κ2) is 8.17. The number of nitrogens with one attached hydrogen (secondary N) is 1. The van der Waals surface area contributed by atoms with Gasteiger partial charge < -0.3 is 10.2 Å². The number of fused-ring (bicyclic) bond motifs is 1. The Hall–Kier alpha value is -2.27. The van der Waals surface area contributed by atoms with Crippen molar-refractivity contribution in [3.63, 3.8) is 0 Å². The van der Waals surface area contributed by atoms with Crippen molar-refractivity contribution in [2.24, 2.45) is 0 Å². The van der Waals surface area contributed by atoms with Crippen molar-refractivity contribution in [1.82, 2.24) is 5.32 Å². The van der Waals surface area contributed by atoms with E-state index in [1.807, 2.05) is 48.5 Å². The van der Waals surface area contributed by atoms with Crippen molar-refractivity contribution >= 4 is 29.3 Å². The number of carbonyl (C=O) groups excluding carboxylic acids is 2. The van der Waals surface area contributed by atoms with Crippen LogP contribution in [0.15, 0.2) is 53.4 Å². The monoisotopic (exact) mass is 380 g/mol. The van der Waals surface area contributed by atoms with Gasteiger partial charge in [0.2, 0.25) is 5.91 Å². The Morgan fingerprint density at radius 3 is 2.63 bits per heavy atom. The predicted octanol–water partition coefficient (Wildman–Crippen LogP) is 4.39. The standard InChI is InChI=1S/C22H24N2O2S/c25-21-15-27-20-12-11-17(22(26)23-18-9-5-2-6-10-18)13-19(20)24(21)14-16-7-3-1-4-8-16/h1,3-4,7-8,11-13,18H,2,5-6,9-10,14-15H2,(H,23,26). The molecule has 0 saturated heterocycles. The minimum atomic E-state index is -0.0348. The minimum Gasteiger partial charge on any atom is -0.349 e. The van der Waals surface area contributed by atoms with E-state index in [2.05, 4.69) is 5.32 Å². The van der Waals surface area contributed by atoms with Gasteiger partial charge in [0.05, 0.1) is 18.0 Å². The highest BCUT2D eigenvalue weighted by molar-refractivity contribution is 8.00. The van der Waals surface area contributed by atoms with Crippen molar-refractivity contribution in [3.05, 3.63) is 59.7 Å². The van der Waals surface area contributed by atoms with Crippen LogP contribution in [0.25, 0.3) is 0 Å². The van der Waals surface area contributed by atoms with Gasteiger partial charge in [0.1, 0.15) is 0 Å². The molecule has 1 fully saturated rings. The first-order chi connectivity index (χ1) is 13.2. The fourth-order valence-corrected chi connectivity index (χ4v) is 4.71. The Morgan fingerprint density at radius 1 is 1.07 bits per heavy atom.